The lowest BCUT2D eigenvalue weighted by Gasteiger charge is -2.21. The molecule has 0 spiro atoms. The molecule has 3 nitrogen and oxygen atoms in total. The summed E-state index contributed by atoms with van der Waals surface area (Å²) in [7, 11) is 0. The maximum Gasteiger partial charge on any atom is 0.0756 e. The highest BCUT2D eigenvalue weighted by Crippen LogP contribution is 2.23. The van der Waals surface area contributed by atoms with Gasteiger partial charge in [0.25, 0.3) is 0 Å². The summed E-state index contributed by atoms with van der Waals surface area (Å²) < 4.78 is 5.65. The summed E-state index contributed by atoms with van der Waals surface area (Å²) in [5.41, 5.74) is 7.19. The second-order valence-corrected chi connectivity index (χ2v) is 4.29. The van der Waals surface area contributed by atoms with Crippen molar-refractivity contribution >= 4 is 0 Å². The molecule has 15 heavy (non-hydrogen) atoms. The van der Waals surface area contributed by atoms with E-state index in [2.05, 4.69) is 11.9 Å². The first-order chi connectivity index (χ1) is 7.27. The van der Waals surface area contributed by atoms with Gasteiger partial charge in [0.1, 0.15) is 0 Å². The maximum atomic E-state index is 6.14. The molecular formula is C12H18N2O. The highest BCUT2D eigenvalue weighted by molar-refractivity contribution is 5.06. The number of aromatic nitrogens is 1. The van der Waals surface area contributed by atoms with Crippen LogP contribution in [0.4, 0.5) is 0 Å². The Hall–Kier alpha value is -0.930. The van der Waals surface area contributed by atoms with E-state index in [0.29, 0.717) is 5.92 Å². The van der Waals surface area contributed by atoms with Crippen LogP contribution in [0, 0.1) is 5.92 Å². The number of ether oxygens (including phenoxy) is 1. The fraction of sp³-hybridized carbons (Fsp3) is 0.583. The summed E-state index contributed by atoms with van der Waals surface area (Å²) in [6.07, 6.45) is 3.93. The van der Waals surface area contributed by atoms with Crippen LogP contribution in [0.1, 0.15) is 19.0 Å². The highest BCUT2D eigenvalue weighted by Gasteiger charge is 2.29. The van der Waals surface area contributed by atoms with Crippen molar-refractivity contribution < 1.29 is 4.74 Å². The quantitative estimate of drug-likeness (QED) is 0.812. The molecule has 0 amide bonds. The standard InChI is InChI=1S/C12H18N2O/c1-9-5-7-15-12(9)11(13)8-10-4-2-3-6-14-10/h2-4,6,9,11-12H,5,7-8,13H2,1H3. The van der Waals surface area contributed by atoms with Crippen LogP contribution in [-0.4, -0.2) is 23.7 Å². The van der Waals surface area contributed by atoms with E-state index < -0.39 is 0 Å². The van der Waals surface area contributed by atoms with Gasteiger partial charge in [-0.3, -0.25) is 4.98 Å². The van der Waals surface area contributed by atoms with Crippen molar-refractivity contribution in [1.29, 1.82) is 0 Å². The summed E-state index contributed by atoms with van der Waals surface area (Å²) in [4.78, 5) is 4.28. The van der Waals surface area contributed by atoms with E-state index in [9.17, 15) is 0 Å². The van der Waals surface area contributed by atoms with E-state index >= 15 is 0 Å². The second kappa shape index (κ2) is 4.73. The van der Waals surface area contributed by atoms with Gasteiger partial charge in [0.05, 0.1) is 6.10 Å². The summed E-state index contributed by atoms with van der Waals surface area (Å²) >= 11 is 0. The lowest BCUT2D eigenvalue weighted by atomic mass is 9.95. The molecular weight excluding hydrogens is 188 g/mol. The van der Waals surface area contributed by atoms with Crippen molar-refractivity contribution in [3.8, 4) is 0 Å². The molecule has 0 radical (unpaired) electrons. The van der Waals surface area contributed by atoms with Crippen LogP contribution in [0.25, 0.3) is 0 Å². The first-order valence-electron chi connectivity index (χ1n) is 5.54. The predicted molar refractivity (Wildman–Crippen MR) is 59.4 cm³/mol. The molecule has 2 N–H and O–H groups in total. The van der Waals surface area contributed by atoms with Gasteiger partial charge in [0, 0.05) is 31.0 Å². The monoisotopic (exact) mass is 206 g/mol. The Morgan fingerprint density at radius 2 is 2.47 bits per heavy atom. The van der Waals surface area contributed by atoms with Crippen LogP contribution < -0.4 is 5.73 Å². The third kappa shape index (κ3) is 2.55. The van der Waals surface area contributed by atoms with Crippen LogP contribution in [-0.2, 0) is 11.2 Å². The number of nitrogens with two attached hydrogens (primary N) is 1. The molecule has 0 aliphatic carbocycles. The van der Waals surface area contributed by atoms with Gasteiger partial charge in [0.15, 0.2) is 0 Å². The van der Waals surface area contributed by atoms with Crippen LogP contribution in [0.3, 0.4) is 0 Å². The fourth-order valence-corrected chi connectivity index (χ4v) is 2.14. The van der Waals surface area contributed by atoms with E-state index in [1.807, 2.05) is 18.2 Å². The minimum Gasteiger partial charge on any atom is -0.376 e. The van der Waals surface area contributed by atoms with E-state index in [0.717, 1.165) is 25.1 Å². The molecule has 0 aromatic carbocycles. The summed E-state index contributed by atoms with van der Waals surface area (Å²) in [6.45, 7) is 3.05. The zero-order valence-electron chi connectivity index (χ0n) is 9.10. The zero-order valence-corrected chi connectivity index (χ0v) is 9.10. The van der Waals surface area contributed by atoms with Crippen molar-refractivity contribution in [2.75, 3.05) is 6.61 Å². The Bertz CT molecular complexity index is 302. The van der Waals surface area contributed by atoms with Crippen LogP contribution in [0.5, 0.6) is 0 Å². The van der Waals surface area contributed by atoms with Crippen LogP contribution in [0.15, 0.2) is 24.4 Å². The summed E-state index contributed by atoms with van der Waals surface area (Å²) in [5, 5.41) is 0. The molecule has 3 unspecified atom stereocenters. The Morgan fingerprint density at radius 3 is 3.07 bits per heavy atom. The number of hydrogen-bond donors (Lipinski definition) is 1. The van der Waals surface area contributed by atoms with Gasteiger partial charge in [-0.25, -0.2) is 0 Å². The molecule has 1 saturated heterocycles. The molecule has 82 valence electrons. The molecule has 2 rings (SSSR count). The molecule has 1 aromatic heterocycles. The van der Waals surface area contributed by atoms with Crippen molar-refractivity contribution in [2.45, 2.75) is 31.9 Å². The molecule has 0 bridgehead atoms. The minimum atomic E-state index is 0.0670. The Morgan fingerprint density at radius 1 is 1.60 bits per heavy atom. The van der Waals surface area contributed by atoms with Gasteiger partial charge >= 0.3 is 0 Å². The second-order valence-electron chi connectivity index (χ2n) is 4.29. The average Bonchev–Trinajstić information content (AvgIpc) is 2.66. The molecule has 0 saturated carbocycles. The maximum absolute atomic E-state index is 6.14. The van der Waals surface area contributed by atoms with Gasteiger partial charge in [-0.1, -0.05) is 13.0 Å². The van der Waals surface area contributed by atoms with Crippen molar-refractivity contribution in [3.63, 3.8) is 0 Å². The molecule has 3 atom stereocenters. The van der Waals surface area contributed by atoms with Gasteiger partial charge in [-0.2, -0.15) is 0 Å². The summed E-state index contributed by atoms with van der Waals surface area (Å²) in [6, 6.07) is 5.99. The van der Waals surface area contributed by atoms with Gasteiger partial charge in [-0.15, -0.1) is 0 Å². The van der Waals surface area contributed by atoms with Gasteiger partial charge in [-0.05, 0) is 24.5 Å². The number of nitrogens with zero attached hydrogens (tertiary/aromatic N) is 1. The first kappa shape index (κ1) is 10.6. The third-order valence-corrected chi connectivity index (χ3v) is 3.04. The first-order valence-corrected chi connectivity index (χ1v) is 5.54. The van der Waals surface area contributed by atoms with Crippen molar-refractivity contribution in [1.82, 2.24) is 4.98 Å². The zero-order chi connectivity index (χ0) is 10.7. The van der Waals surface area contributed by atoms with Crippen LogP contribution in [0.2, 0.25) is 0 Å². The molecule has 3 heteroatoms. The Balaban J connectivity index is 1.94. The van der Waals surface area contributed by atoms with E-state index in [4.69, 9.17) is 10.5 Å². The number of rotatable bonds is 3. The smallest absolute Gasteiger partial charge is 0.0756 e. The van der Waals surface area contributed by atoms with Gasteiger partial charge < -0.3 is 10.5 Å². The Kier molecular flexibility index (Phi) is 3.34. The molecule has 1 aromatic rings. The lowest BCUT2D eigenvalue weighted by molar-refractivity contribution is 0.0724. The normalized spacial score (nSPS) is 27.9. The molecule has 1 fully saturated rings. The average molecular weight is 206 g/mol. The Labute approximate surface area is 90.7 Å². The van der Waals surface area contributed by atoms with E-state index in [1.54, 1.807) is 6.20 Å². The van der Waals surface area contributed by atoms with Gasteiger partial charge in [0.2, 0.25) is 0 Å². The highest BCUT2D eigenvalue weighted by atomic mass is 16.5. The number of hydrogen-bond acceptors (Lipinski definition) is 3. The minimum absolute atomic E-state index is 0.0670. The summed E-state index contributed by atoms with van der Waals surface area (Å²) in [5.74, 6) is 0.573. The topological polar surface area (TPSA) is 48.1 Å². The molecule has 2 heterocycles. The molecule has 1 aliphatic rings. The van der Waals surface area contributed by atoms with Crippen molar-refractivity contribution in [2.24, 2.45) is 11.7 Å². The SMILES string of the molecule is CC1CCOC1C(N)Cc1ccccn1. The lowest BCUT2D eigenvalue weighted by Crippen LogP contribution is -2.39. The van der Waals surface area contributed by atoms with E-state index in [1.165, 1.54) is 0 Å². The number of pyridine rings is 1. The van der Waals surface area contributed by atoms with E-state index in [-0.39, 0.29) is 12.1 Å². The van der Waals surface area contributed by atoms with Crippen LogP contribution >= 0.6 is 0 Å². The molecule has 1 aliphatic heterocycles. The predicted octanol–water partition coefficient (Wildman–Crippen LogP) is 1.38. The third-order valence-electron chi connectivity index (χ3n) is 3.04. The largest absolute Gasteiger partial charge is 0.376 e. The fourth-order valence-electron chi connectivity index (χ4n) is 2.14. The van der Waals surface area contributed by atoms with Crippen molar-refractivity contribution in [3.05, 3.63) is 30.1 Å².